The Bertz CT molecular complexity index is 878. The maximum atomic E-state index is 12.7. The third kappa shape index (κ3) is 4.95. The van der Waals surface area contributed by atoms with Crippen molar-refractivity contribution in [2.75, 3.05) is 51.3 Å². The number of nitrogens with zero attached hydrogens (tertiary/aromatic N) is 3. The second-order valence-electron chi connectivity index (χ2n) is 7.51. The highest BCUT2D eigenvalue weighted by Gasteiger charge is 2.27. The van der Waals surface area contributed by atoms with Gasteiger partial charge in [-0.25, -0.2) is 13.4 Å². The molecule has 1 unspecified atom stereocenters. The summed E-state index contributed by atoms with van der Waals surface area (Å²) < 4.78 is 32.4. The fourth-order valence-corrected chi connectivity index (χ4v) is 5.30. The summed E-state index contributed by atoms with van der Waals surface area (Å²) in [6.07, 6.45) is 3.31. The van der Waals surface area contributed by atoms with Gasteiger partial charge in [0.15, 0.2) is 0 Å². The Morgan fingerprint density at radius 2 is 1.72 bits per heavy atom. The molecule has 1 atom stereocenters. The summed E-state index contributed by atoms with van der Waals surface area (Å²) in [6, 6.07) is 13.7. The summed E-state index contributed by atoms with van der Waals surface area (Å²) in [7, 11) is -3.44. The van der Waals surface area contributed by atoms with Gasteiger partial charge in [0.1, 0.15) is 10.7 Å². The smallest absolute Gasteiger partial charge is 0.244 e. The zero-order valence-corrected chi connectivity index (χ0v) is 17.4. The lowest BCUT2D eigenvalue weighted by atomic mass is 10.1. The number of ether oxygens (including phenoxy) is 1. The molecule has 3 heterocycles. The highest BCUT2D eigenvalue weighted by atomic mass is 32.2. The second-order valence-corrected chi connectivity index (χ2v) is 9.45. The third-order valence-electron chi connectivity index (χ3n) is 5.51. The molecule has 0 saturated carbocycles. The molecule has 0 spiro atoms. The summed E-state index contributed by atoms with van der Waals surface area (Å²) >= 11 is 0. The zero-order chi connectivity index (χ0) is 20.1. The molecular weight excluding hydrogens is 388 g/mol. The Balaban J connectivity index is 1.49. The van der Waals surface area contributed by atoms with Gasteiger partial charge in [-0.15, -0.1) is 0 Å². The number of sulfonamides is 1. The van der Waals surface area contributed by atoms with Crippen LogP contribution in [0.2, 0.25) is 0 Å². The highest BCUT2D eigenvalue weighted by molar-refractivity contribution is 7.89. The van der Waals surface area contributed by atoms with Gasteiger partial charge in [0.05, 0.1) is 19.3 Å². The SMILES string of the molecule is O=S(=O)(c1ccc(NC(CN2CCOCC2)c2ccccc2)nc1)N1CCCC1. The number of pyridine rings is 1. The van der Waals surface area contributed by atoms with Gasteiger partial charge in [0, 0.05) is 38.9 Å². The molecule has 1 aromatic carbocycles. The number of rotatable bonds is 7. The van der Waals surface area contributed by atoms with Gasteiger partial charge in [-0.3, -0.25) is 4.90 Å². The van der Waals surface area contributed by atoms with Crippen LogP contribution in [-0.4, -0.2) is 68.5 Å². The molecule has 2 aromatic rings. The minimum Gasteiger partial charge on any atom is -0.379 e. The first-order valence-electron chi connectivity index (χ1n) is 10.2. The Morgan fingerprint density at radius 3 is 2.38 bits per heavy atom. The molecule has 0 bridgehead atoms. The summed E-state index contributed by atoms with van der Waals surface area (Å²) in [5.74, 6) is 0.674. The second kappa shape index (κ2) is 9.21. The van der Waals surface area contributed by atoms with E-state index in [4.69, 9.17) is 4.74 Å². The minimum absolute atomic E-state index is 0.0582. The summed E-state index contributed by atoms with van der Waals surface area (Å²) in [6.45, 7) is 5.35. The lowest BCUT2D eigenvalue weighted by molar-refractivity contribution is 0.0360. The van der Waals surface area contributed by atoms with Crippen LogP contribution in [0.5, 0.6) is 0 Å². The van der Waals surface area contributed by atoms with Crippen LogP contribution >= 0.6 is 0 Å². The number of aromatic nitrogens is 1. The quantitative estimate of drug-likeness (QED) is 0.747. The molecule has 4 rings (SSSR count). The fourth-order valence-electron chi connectivity index (χ4n) is 3.84. The number of morpholine rings is 1. The number of benzene rings is 1. The Morgan fingerprint density at radius 1 is 1.00 bits per heavy atom. The summed E-state index contributed by atoms with van der Waals surface area (Å²) in [5.41, 5.74) is 1.18. The molecule has 8 heteroatoms. The van der Waals surface area contributed by atoms with E-state index in [2.05, 4.69) is 27.3 Å². The standard InChI is InChI=1S/C21H28N4O3S/c26-29(27,25-10-4-5-11-25)19-8-9-21(22-16-19)23-20(18-6-2-1-3-7-18)17-24-12-14-28-15-13-24/h1-3,6-9,16,20H,4-5,10-15,17H2,(H,22,23). The lowest BCUT2D eigenvalue weighted by Gasteiger charge is -2.31. The minimum atomic E-state index is -3.44. The van der Waals surface area contributed by atoms with Crippen LogP contribution in [0.15, 0.2) is 53.6 Å². The van der Waals surface area contributed by atoms with Crippen LogP contribution in [-0.2, 0) is 14.8 Å². The molecule has 2 aliphatic rings. The van der Waals surface area contributed by atoms with Crippen molar-refractivity contribution in [3.63, 3.8) is 0 Å². The fraction of sp³-hybridized carbons (Fsp3) is 0.476. The van der Waals surface area contributed by atoms with Crippen molar-refractivity contribution in [2.24, 2.45) is 0 Å². The largest absolute Gasteiger partial charge is 0.379 e. The Labute approximate surface area is 172 Å². The first kappa shape index (κ1) is 20.3. The van der Waals surface area contributed by atoms with Crippen molar-refractivity contribution in [3.05, 3.63) is 54.2 Å². The van der Waals surface area contributed by atoms with E-state index in [0.29, 0.717) is 18.9 Å². The highest BCUT2D eigenvalue weighted by Crippen LogP contribution is 2.23. The van der Waals surface area contributed by atoms with Crippen molar-refractivity contribution in [1.82, 2.24) is 14.2 Å². The van der Waals surface area contributed by atoms with Gasteiger partial charge < -0.3 is 10.1 Å². The van der Waals surface area contributed by atoms with E-state index in [0.717, 1.165) is 45.7 Å². The molecule has 2 saturated heterocycles. The van der Waals surface area contributed by atoms with Crippen LogP contribution in [0.25, 0.3) is 0 Å². The van der Waals surface area contributed by atoms with Gasteiger partial charge in [-0.1, -0.05) is 30.3 Å². The molecule has 2 aliphatic heterocycles. The van der Waals surface area contributed by atoms with Crippen molar-refractivity contribution in [1.29, 1.82) is 0 Å². The number of nitrogens with one attached hydrogen (secondary N) is 1. The average molecular weight is 417 g/mol. The predicted molar refractivity (Wildman–Crippen MR) is 112 cm³/mol. The molecule has 0 amide bonds. The average Bonchev–Trinajstić information content (AvgIpc) is 3.31. The predicted octanol–water partition coefficient (Wildman–Crippen LogP) is 2.35. The van der Waals surface area contributed by atoms with E-state index in [9.17, 15) is 8.42 Å². The molecule has 0 aliphatic carbocycles. The monoisotopic (exact) mass is 416 g/mol. The van der Waals surface area contributed by atoms with E-state index in [1.807, 2.05) is 18.2 Å². The molecule has 1 aromatic heterocycles. The van der Waals surface area contributed by atoms with Crippen LogP contribution < -0.4 is 5.32 Å². The van der Waals surface area contributed by atoms with Crippen molar-refractivity contribution in [3.8, 4) is 0 Å². The van der Waals surface area contributed by atoms with E-state index in [1.165, 1.54) is 11.8 Å². The van der Waals surface area contributed by atoms with Crippen molar-refractivity contribution >= 4 is 15.8 Å². The Hall–Kier alpha value is -2.00. The van der Waals surface area contributed by atoms with E-state index in [-0.39, 0.29) is 10.9 Å². The molecule has 156 valence electrons. The van der Waals surface area contributed by atoms with Gasteiger partial charge in [-0.05, 0) is 30.5 Å². The van der Waals surface area contributed by atoms with Gasteiger partial charge >= 0.3 is 0 Å². The van der Waals surface area contributed by atoms with Crippen LogP contribution in [0.1, 0.15) is 24.4 Å². The lowest BCUT2D eigenvalue weighted by Crippen LogP contribution is -2.40. The molecule has 2 fully saturated rings. The van der Waals surface area contributed by atoms with E-state index in [1.54, 1.807) is 16.4 Å². The van der Waals surface area contributed by atoms with Gasteiger partial charge in [0.2, 0.25) is 10.0 Å². The van der Waals surface area contributed by atoms with Crippen LogP contribution in [0, 0.1) is 0 Å². The van der Waals surface area contributed by atoms with Gasteiger partial charge in [-0.2, -0.15) is 4.31 Å². The summed E-state index contributed by atoms with van der Waals surface area (Å²) in [4.78, 5) is 7.05. The topological polar surface area (TPSA) is 74.8 Å². The van der Waals surface area contributed by atoms with E-state index >= 15 is 0 Å². The summed E-state index contributed by atoms with van der Waals surface area (Å²) in [5, 5.41) is 3.49. The Kier molecular flexibility index (Phi) is 6.44. The van der Waals surface area contributed by atoms with E-state index < -0.39 is 10.0 Å². The van der Waals surface area contributed by atoms with Crippen molar-refractivity contribution < 1.29 is 13.2 Å². The maximum absolute atomic E-state index is 12.7. The first-order chi connectivity index (χ1) is 14.1. The normalized spacial score (nSPS) is 19.9. The molecule has 0 radical (unpaired) electrons. The number of anilines is 1. The van der Waals surface area contributed by atoms with Crippen molar-refractivity contribution in [2.45, 2.75) is 23.8 Å². The number of hydrogen-bond acceptors (Lipinski definition) is 6. The molecular formula is C21H28N4O3S. The zero-order valence-electron chi connectivity index (χ0n) is 16.5. The third-order valence-corrected chi connectivity index (χ3v) is 7.39. The molecule has 29 heavy (non-hydrogen) atoms. The number of hydrogen-bond donors (Lipinski definition) is 1. The van der Waals surface area contributed by atoms with Crippen LogP contribution in [0.3, 0.4) is 0 Å². The van der Waals surface area contributed by atoms with Gasteiger partial charge in [0.25, 0.3) is 0 Å². The molecule has 7 nitrogen and oxygen atoms in total. The first-order valence-corrected chi connectivity index (χ1v) is 11.6. The molecule has 1 N–H and O–H groups in total. The van der Waals surface area contributed by atoms with Crippen LogP contribution in [0.4, 0.5) is 5.82 Å². The maximum Gasteiger partial charge on any atom is 0.244 e.